The molecule has 0 radical (unpaired) electrons. The zero-order valence-corrected chi connectivity index (χ0v) is 17.8. The van der Waals surface area contributed by atoms with Crippen LogP contribution in [0.5, 0.6) is 0 Å². The highest BCUT2D eigenvalue weighted by atomic mass is 16.2. The predicted octanol–water partition coefficient (Wildman–Crippen LogP) is 1.23. The van der Waals surface area contributed by atoms with E-state index in [1.807, 2.05) is 6.92 Å². The molecule has 0 bridgehead atoms. The number of rotatable bonds is 3. The fourth-order valence-corrected chi connectivity index (χ4v) is 4.37. The number of carbonyl (C=O) groups excluding carboxylic acids is 2. The number of fused-ring (bicyclic) bond motifs is 1. The van der Waals surface area contributed by atoms with Gasteiger partial charge in [0.15, 0.2) is 5.82 Å². The fourth-order valence-electron chi connectivity index (χ4n) is 4.37. The number of carbonyl (C=O) groups is 2. The van der Waals surface area contributed by atoms with Gasteiger partial charge < -0.3 is 4.90 Å². The zero-order chi connectivity index (χ0) is 21.6. The van der Waals surface area contributed by atoms with Crippen LogP contribution in [0.3, 0.4) is 0 Å². The van der Waals surface area contributed by atoms with Crippen LogP contribution in [0.25, 0.3) is 0 Å². The Kier molecular flexibility index (Phi) is 5.13. The number of anilines is 1. The molecule has 9 nitrogen and oxygen atoms in total. The summed E-state index contributed by atoms with van der Waals surface area (Å²) >= 11 is 0. The van der Waals surface area contributed by atoms with Gasteiger partial charge in [0.25, 0.3) is 0 Å². The van der Waals surface area contributed by atoms with Gasteiger partial charge in [-0.3, -0.25) is 19.1 Å². The van der Waals surface area contributed by atoms with Gasteiger partial charge >= 0.3 is 5.69 Å². The second kappa shape index (κ2) is 7.62. The van der Waals surface area contributed by atoms with E-state index in [-0.39, 0.29) is 24.4 Å². The maximum Gasteiger partial charge on any atom is 0.348 e. The maximum absolute atomic E-state index is 13.1. The van der Waals surface area contributed by atoms with Gasteiger partial charge in [-0.2, -0.15) is 4.98 Å². The van der Waals surface area contributed by atoms with E-state index >= 15 is 0 Å². The third-order valence-corrected chi connectivity index (χ3v) is 6.00. The van der Waals surface area contributed by atoms with Crippen LogP contribution in [0.4, 0.5) is 5.82 Å². The minimum absolute atomic E-state index is 0.0348. The Labute approximate surface area is 174 Å². The van der Waals surface area contributed by atoms with Gasteiger partial charge in [-0.05, 0) is 46.1 Å². The molecule has 1 saturated heterocycles. The summed E-state index contributed by atoms with van der Waals surface area (Å²) in [4.78, 5) is 54.1. The number of aromatic nitrogens is 4. The van der Waals surface area contributed by atoms with Crippen molar-refractivity contribution in [1.29, 1.82) is 0 Å². The number of nitrogens with zero attached hydrogens (tertiary/aromatic N) is 6. The monoisotopic (exact) mass is 410 g/mol. The first-order chi connectivity index (χ1) is 14.3. The van der Waals surface area contributed by atoms with Gasteiger partial charge in [0.05, 0.1) is 6.04 Å². The largest absolute Gasteiger partial charge is 0.348 e. The quantitative estimate of drug-likeness (QED) is 0.754. The normalized spacial score (nSPS) is 18.7. The van der Waals surface area contributed by atoms with Crippen LogP contribution >= 0.6 is 0 Å². The Morgan fingerprint density at radius 3 is 2.63 bits per heavy atom. The molecule has 4 rings (SSSR count). The van der Waals surface area contributed by atoms with E-state index in [0.717, 1.165) is 24.1 Å². The molecule has 2 aromatic rings. The van der Waals surface area contributed by atoms with Gasteiger partial charge in [0.2, 0.25) is 11.8 Å². The Hall–Kier alpha value is -3.10. The van der Waals surface area contributed by atoms with E-state index in [9.17, 15) is 14.4 Å². The molecule has 2 aromatic heterocycles. The van der Waals surface area contributed by atoms with Crippen molar-refractivity contribution in [3.63, 3.8) is 0 Å². The van der Waals surface area contributed by atoms with Gasteiger partial charge in [-0.1, -0.05) is 0 Å². The molecule has 0 N–H and O–H groups in total. The Morgan fingerprint density at radius 1 is 1.13 bits per heavy atom. The Bertz CT molecular complexity index is 1090. The molecule has 2 aliphatic rings. The molecule has 2 amide bonds. The van der Waals surface area contributed by atoms with Gasteiger partial charge in [-0.25, -0.2) is 14.8 Å². The fraction of sp³-hybridized carbons (Fsp3) is 0.524. The number of amides is 2. The molecule has 0 saturated carbocycles. The summed E-state index contributed by atoms with van der Waals surface area (Å²) in [7, 11) is 1.73. The number of aryl methyl sites for hydroxylation is 3. The highest BCUT2D eigenvalue weighted by Gasteiger charge is 2.34. The molecule has 2 aliphatic heterocycles. The molecule has 30 heavy (non-hydrogen) atoms. The lowest BCUT2D eigenvalue weighted by Gasteiger charge is -2.29. The third-order valence-electron chi connectivity index (χ3n) is 6.00. The van der Waals surface area contributed by atoms with Crippen LogP contribution in [0.1, 0.15) is 53.8 Å². The second-order valence-electron chi connectivity index (χ2n) is 8.07. The summed E-state index contributed by atoms with van der Waals surface area (Å²) in [5.74, 6) is 1.08. The van der Waals surface area contributed by atoms with E-state index in [0.29, 0.717) is 42.4 Å². The van der Waals surface area contributed by atoms with E-state index in [1.165, 1.54) is 4.57 Å². The zero-order valence-electron chi connectivity index (χ0n) is 17.8. The summed E-state index contributed by atoms with van der Waals surface area (Å²) in [5.41, 5.74) is 2.76. The van der Waals surface area contributed by atoms with Crippen molar-refractivity contribution in [2.75, 3.05) is 18.5 Å². The molecular formula is C21H26N6O3. The Balaban J connectivity index is 1.63. The van der Waals surface area contributed by atoms with Crippen LogP contribution < -0.4 is 10.6 Å². The summed E-state index contributed by atoms with van der Waals surface area (Å²) in [6, 6.07) is 1.53. The van der Waals surface area contributed by atoms with Crippen molar-refractivity contribution < 1.29 is 9.59 Å². The summed E-state index contributed by atoms with van der Waals surface area (Å²) in [6.45, 7) is 6.01. The second-order valence-corrected chi connectivity index (χ2v) is 8.07. The molecule has 9 heteroatoms. The highest BCUT2D eigenvalue weighted by Crippen LogP contribution is 2.34. The lowest BCUT2D eigenvalue weighted by Crippen LogP contribution is -2.38. The molecule has 1 fully saturated rings. The van der Waals surface area contributed by atoms with E-state index in [4.69, 9.17) is 9.97 Å². The molecular weight excluding hydrogens is 384 g/mol. The van der Waals surface area contributed by atoms with E-state index < -0.39 is 5.69 Å². The molecule has 0 aliphatic carbocycles. The smallest absolute Gasteiger partial charge is 0.331 e. The van der Waals surface area contributed by atoms with Crippen LogP contribution in [0.2, 0.25) is 0 Å². The minimum atomic E-state index is -0.419. The number of hydrogen-bond donors (Lipinski definition) is 0. The molecule has 0 aromatic carbocycles. The minimum Gasteiger partial charge on any atom is -0.331 e. The van der Waals surface area contributed by atoms with Crippen molar-refractivity contribution in [1.82, 2.24) is 24.4 Å². The number of hydrogen-bond acceptors (Lipinski definition) is 6. The average molecular weight is 410 g/mol. The van der Waals surface area contributed by atoms with Crippen molar-refractivity contribution in [2.24, 2.45) is 0 Å². The first-order valence-corrected chi connectivity index (χ1v) is 10.2. The van der Waals surface area contributed by atoms with E-state index in [2.05, 4.69) is 4.98 Å². The van der Waals surface area contributed by atoms with Crippen molar-refractivity contribution in [3.8, 4) is 0 Å². The van der Waals surface area contributed by atoms with Crippen LogP contribution in [-0.4, -0.2) is 49.8 Å². The van der Waals surface area contributed by atoms with Crippen molar-refractivity contribution >= 4 is 17.6 Å². The maximum atomic E-state index is 13.1. The SMILES string of the molecule is Cc1cc(C)n(CC(=O)N2CCC[C@H]2c2nc(C)c3c(n2)N(C)C(=O)CC3)c(=O)n1. The standard InChI is InChI=1S/C21H26N6O3/c1-12-10-13(2)27(21(30)22-12)11-18(29)26-9-5-6-16(26)19-23-14(3)15-7-8-17(28)25(4)20(15)24-19/h10,16H,5-9,11H2,1-4H3/t16-/m0/s1. The lowest BCUT2D eigenvalue weighted by molar-refractivity contribution is -0.133. The molecule has 1 atom stereocenters. The van der Waals surface area contributed by atoms with Gasteiger partial charge in [-0.15, -0.1) is 0 Å². The van der Waals surface area contributed by atoms with E-state index in [1.54, 1.807) is 36.8 Å². The first kappa shape index (κ1) is 20.2. The summed E-state index contributed by atoms with van der Waals surface area (Å²) in [5, 5.41) is 0. The van der Waals surface area contributed by atoms with Crippen LogP contribution in [-0.2, 0) is 22.6 Å². The highest BCUT2D eigenvalue weighted by molar-refractivity contribution is 5.94. The Morgan fingerprint density at radius 2 is 1.90 bits per heavy atom. The lowest BCUT2D eigenvalue weighted by atomic mass is 10.0. The predicted molar refractivity (Wildman–Crippen MR) is 110 cm³/mol. The molecule has 0 spiro atoms. The third kappa shape index (κ3) is 3.48. The molecule has 158 valence electrons. The summed E-state index contributed by atoms with van der Waals surface area (Å²) < 4.78 is 1.40. The van der Waals surface area contributed by atoms with Crippen molar-refractivity contribution in [2.45, 2.75) is 59.0 Å². The average Bonchev–Trinajstić information content (AvgIpc) is 3.17. The summed E-state index contributed by atoms with van der Waals surface area (Å²) in [6.07, 6.45) is 2.69. The molecule has 4 heterocycles. The van der Waals surface area contributed by atoms with Crippen molar-refractivity contribution in [3.05, 3.63) is 45.0 Å². The molecule has 0 unspecified atom stereocenters. The van der Waals surface area contributed by atoms with Crippen LogP contribution in [0.15, 0.2) is 10.9 Å². The topological polar surface area (TPSA) is 101 Å². The first-order valence-electron chi connectivity index (χ1n) is 10.2. The van der Waals surface area contributed by atoms with Gasteiger partial charge in [0.1, 0.15) is 12.4 Å². The van der Waals surface area contributed by atoms with Crippen LogP contribution in [0, 0.1) is 20.8 Å². The van der Waals surface area contributed by atoms with Gasteiger partial charge in [0, 0.05) is 42.7 Å². The number of likely N-dealkylation sites (tertiary alicyclic amines) is 1.